The molecule has 4 heteroatoms. The SMILES string of the molecule is O=C(NCC1(CCO)CCC1)OCC1c2ccccc2-c2ccccc21. The summed E-state index contributed by atoms with van der Waals surface area (Å²) in [6.07, 6.45) is 3.69. The van der Waals surface area contributed by atoms with Gasteiger partial charge in [-0.25, -0.2) is 4.79 Å². The van der Waals surface area contributed by atoms with Gasteiger partial charge < -0.3 is 15.2 Å². The van der Waals surface area contributed by atoms with Gasteiger partial charge >= 0.3 is 6.09 Å². The fraction of sp³-hybridized carbons (Fsp3) is 0.409. The van der Waals surface area contributed by atoms with Gasteiger partial charge in [0.2, 0.25) is 0 Å². The summed E-state index contributed by atoms with van der Waals surface area (Å²) in [7, 11) is 0. The molecule has 2 aliphatic carbocycles. The zero-order valence-corrected chi connectivity index (χ0v) is 14.9. The first-order valence-corrected chi connectivity index (χ1v) is 9.42. The summed E-state index contributed by atoms with van der Waals surface area (Å²) in [5.41, 5.74) is 4.97. The molecule has 1 amide bonds. The maximum atomic E-state index is 12.2. The van der Waals surface area contributed by atoms with Gasteiger partial charge in [0.15, 0.2) is 0 Å². The molecule has 0 saturated heterocycles. The summed E-state index contributed by atoms with van der Waals surface area (Å²) in [5, 5.41) is 12.1. The third-order valence-electron chi connectivity index (χ3n) is 6.01. The fourth-order valence-corrected chi connectivity index (χ4v) is 4.34. The van der Waals surface area contributed by atoms with Gasteiger partial charge in [-0.15, -0.1) is 0 Å². The van der Waals surface area contributed by atoms with Crippen LogP contribution in [-0.2, 0) is 4.74 Å². The molecule has 0 radical (unpaired) electrons. The van der Waals surface area contributed by atoms with E-state index in [0.29, 0.717) is 13.2 Å². The summed E-state index contributed by atoms with van der Waals surface area (Å²) in [4.78, 5) is 12.2. The molecule has 0 bridgehead atoms. The van der Waals surface area contributed by atoms with Gasteiger partial charge in [0.1, 0.15) is 6.61 Å². The number of ether oxygens (including phenoxy) is 1. The lowest BCUT2D eigenvalue weighted by Gasteiger charge is -2.41. The predicted octanol–water partition coefficient (Wildman–Crippen LogP) is 4.08. The van der Waals surface area contributed by atoms with Crippen LogP contribution < -0.4 is 5.32 Å². The molecular formula is C22H25NO3. The number of carbonyl (C=O) groups excluding carboxylic acids is 1. The standard InChI is InChI=1S/C22H25NO3/c24-13-12-22(10-5-11-22)15-23-21(25)26-14-20-18-8-3-1-6-16(18)17-7-2-4-9-19(17)20/h1-4,6-9,20,24H,5,10-15H2,(H,23,25). The maximum Gasteiger partial charge on any atom is 0.407 e. The largest absolute Gasteiger partial charge is 0.449 e. The van der Waals surface area contributed by atoms with Crippen molar-refractivity contribution in [3.63, 3.8) is 0 Å². The number of aliphatic hydroxyl groups excluding tert-OH is 1. The highest BCUT2D eigenvalue weighted by Gasteiger charge is 2.36. The molecule has 2 aromatic carbocycles. The minimum Gasteiger partial charge on any atom is -0.449 e. The summed E-state index contributed by atoms with van der Waals surface area (Å²) in [5.74, 6) is 0.0863. The van der Waals surface area contributed by atoms with E-state index in [0.717, 1.165) is 19.3 Å². The Morgan fingerprint density at radius 3 is 2.23 bits per heavy atom. The third-order valence-corrected chi connectivity index (χ3v) is 6.01. The molecule has 2 aromatic rings. The van der Waals surface area contributed by atoms with Crippen LogP contribution in [0.5, 0.6) is 0 Å². The van der Waals surface area contributed by atoms with Gasteiger partial charge in [-0.2, -0.15) is 0 Å². The lowest BCUT2D eigenvalue weighted by molar-refractivity contribution is 0.0791. The van der Waals surface area contributed by atoms with Gasteiger partial charge in [-0.1, -0.05) is 55.0 Å². The average molecular weight is 351 g/mol. The van der Waals surface area contributed by atoms with Crippen molar-refractivity contribution >= 4 is 6.09 Å². The van der Waals surface area contributed by atoms with Gasteiger partial charge in [0, 0.05) is 19.1 Å². The van der Waals surface area contributed by atoms with Crippen molar-refractivity contribution in [2.24, 2.45) is 5.41 Å². The number of nitrogens with one attached hydrogen (secondary N) is 1. The van der Waals surface area contributed by atoms with E-state index >= 15 is 0 Å². The second-order valence-corrected chi connectivity index (χ2v) is 7.51. The van der Waals surface area contributed by atoms with Crippen LogP contribution in [-0.4, -0.2) is 31.0 Å². The van der Waals surface area contributed by atoms with E-state index in [2.05, 4.69) is 29.6 Å². The Hall–Kier alpha value is -2.33. The van der Waals surface area contributed by atoms with E-state index in [9.17, 15) is 9.90 Å². The van der Waals surface area contributed by atoms with E-state index in [4.69, 9.17) is 4.74 Å². The number of benzene rings is 2. The Morgan fingerprint density at radius 1 is 1.08 bits per heavy atom. The van der Waals surface area contributed by atoms with Crippen molar-refractivity contribution in [2.75, 3.05) is 19.8 Å². The van der Waals surface area contributed by atoms with Crippen molar-refractivity contribution in [3.05, 3.63) is 59.7 Å². The molecule has 0 aromatic heterocycles. The number of fused-ring (bicyclic) bond motifs is 3. The zero-order valence-electron chi connectivity index (χ0n) is 14.9. The Morgan fingerprint density at radius 2 is 1.69 bits per heavy atom. The second-order valence-electron chi connectivity index (χ2n) is 7.51. The zero-order chi connectivity index (χ0) is 18.0. The van der Waals surface area contributed by atoms with E-state index < -0.39 is 0 Å². The van der Waals surface area contributed by atoms with E-state index in [1.165, 1.54) is 28.7 Å². The highest BCUT2D eigenvalue weighted by atomic mass is 16.5. The molecule has 26 heavy (non-hydrogen) atoms. The Labute approximate surface area is 154 Å². The van der Waals surface area contributed by atoms with E-state index in [1.807, 2.05) is 24.3 Å². The Balaban J connectivity index is 1.39. The monoisotopic (exact) mass is 351 g/mol. The molecule has 1 fully saturated rings. The number of hydrogen-bond donors (Lipinski definition) is 2. The normalized spacial score (nSPS) is 17.1. The first-order chi connectivity index (χ1) is 12.7. The molecule has 1 saturated carbocycles. The molecule has 0 atom stereocenters. The number of aliphatic hydroxyl groups is 1. The van der Waals surface area contributed by atoms with E-state index in [1.54, 1.807) is 0 Å². The van der Waals surface area contributed by atoms with Crippen LogP contribution in [0.3, 0.4) is 0 Å². The van der Waals surface area contributed by atoms with Crippen LogP contribution in [0.1, 0.15) is 42.7 Å². The van der Waals surface area contributed by atoms with Crippen LogP contribution in [0.25, 0.3) is 11.1 Å². The van der Waals surface area contributed by atoms with Crippen molar-refractivity contribution in [1.29, 1.82) is 0 Å². The smallest absolute Gasteiger partial charge is 0.407 e. The van der Waals surface area contributed by atoms with Crippen molar-refractivity contribution in [1.82, 2.24) is 5.32 Å². The number of alkyl carbamates (subject to hydrolysis) is 1. The van der Waals surface area contributed by atoms with Crippen LogP contribution >= 0.6 is 0 Å². The predicted molar refractivity (Wildman–Crippen MR) is 101 cm³/mol. The second kappa shape index (κ2) is 7.12. The topological polar surface area (TPSA) is 58.6 Å². The van der Waals surface area contributed by atoms with Gasteiger partial charge in [-0.05, 0) is 46.9 Å². The molecule has 0 heterocycles. The van der Waals surface area contributed by atoms with Gasteiger partial charge in [0.05, 0.1) is 0 Å². The summed E-state index contributed by atoms with van der Waals surface area (Å²) >= 11 is 0. The minimum absolute atomic E-state index is 0.0698. The van der Waals surface area contributed by atoms with Crippen molar-refractivity contribution in [2.45, 2.75) is 31.6 Å². The number of hydrogen-bond acceptors (Lipinski definition) is 3. The third kappa shape index (κ3) is 3.10. The first kappa shape index (κ1) is 17.1. The number of rotatable bonds is 6. The molecule has 0 aliphatic heterocycles. The lowest BCUT2D eigenvalue weighted by Crippen LogP contribution is -2.43. The van der Waals surface area contributed by atoms with Crippen molar-refractivity contribution < 1.29 is 14.6 Å². The summed E-state index contributed by atoms with van der Waals surface area (Å²) in [6.45, 7) is 1.10. The van der Waals surface area contributed by atoms with Crippen LogP contribution in [0.15, 0.2) is 48.5 Å². The van der Waals surface area contributed by atoms with E-state index in [-0.39, 0.29) is 24.0 Å². The fourth-order valence-electron chi connectivity index (χ4n) is 4.34. The van der Waals surface area contributed by atoms with Crippen LogP contribution in [0.2, 0.25) is 0 Å². The lowest BCUT2D eigenvalue weighted by atomic mass is 9.67. The van der Waals surface area contributed by atoms with Gasteiger partial charge in [-0.3, -0.25) is 0 Å². The Kier molecular flexibility index (Phi) is 4.68. The molecule has 2 aliphatic rings. The molecule has 4 nitrogen and oxygen atoms in total. The Bertz CT molecular complexity index is 752. The summed E-state index contributed by atoms with van der Waals surface area (Å²) < 4.78 is 5.57. The molecular weight excluding hydrogens is 326 g/mol. The quantitative estimate of drug-likeness (QED) is 0.824. The molecule has 136 valence electrons. The first-order valence-electron chi connectivity index (χ1n) is 9.42. The summed E-state index contributed by atoms with van der Waals surface area (Å²) in [6, 6.07) is 16.7. The molecule has 4 rings (SSSR count). The maximum absolute atomic E-state index is 12.2. The highest BCUT2D eigenvalue weighted by molar-refractivity contribution is 5.79. The number of carbonyl (C=O) groups is 1. The van der Waals surface area contributed by atoms with Gasteiger partial charge in [0.25, 0.3) is 0 Å². The molecule has 2 N–H and O–H groups in total. The molecule has 0 unspecified atom stereocenters. The molecule has 0 spiro atoms. The van der Waals surface area contributed by atoms with Crippen LogP contribution in [0, 0.1) is 5.41 Å². The van der Waals surface area contributed by atoms with Crippen molar-refractivity contribution in [3.8, 4) is 11.1 Å². The van der Waals surface area contributed by atoms with Crippen LogP contribution in [0.4, 0.5) is 4.79 Å². The number of amides is 1. The average Bonchev–Trinajstić information content (AvgIpc) is 2.96. The highest BCUT2D eigenvalue weighted by Crippen LogP contribution is 2.45. The minimum atomic E-state index is -0.365.